The lowest BCUT2D eigenvalue weighted by Gasteiger charge is -2.10. The standard InChI is InChI=1S/C18H12Cl2NO3P/c19-11-1-7-17-15(9-11)16-10-12(20)2-8-18(16)21(17)13-3-5-14(6-4-13)25(22,23)24/h1-10H,(H2,22,23,24). The van der Waals surface area contributed by atoms with Crippen LogP contribution in [0.3, 0.4) is 0 Å². The van der Waals surface area contributed by atoms with Crippen LogP contribution in [0.25, 0.3) is 27.5 Å². The van der Waals surface area contributed by atoms with Gasteiger partial charge in [0.1, 0.15) is 0 Å². The summed E-state index contributed by atoms with van der Waals surface area (Å²) in [5.74, 6) is 0. The van der Waals surface area contributed by atoms with Gasteiger partial charge in [-0.2, -0.15) is 0 Å². The van der Waals surface area contributed by atoms with E-state index in [0.717, 1.165) is 27.5 Å². The summed E-state index contributed by atoms with van der Waals surface area (Å²) in [6.07, 6.45) is 0. The fourth-order valence-electron chi connectivity index (χ4n) is 3.04. The van der Waals surface area contributed by atoms with E-state index in [1.165, 1.54) is 12.1 Å². The Hall–Kier alpha value is -1.81. The molecule has 126 valence electrons. The van der Waals surface area contributed by atoms with Crippen molar-refractivity contribution in [3.63, 3.8) is 0 Å². The van der Waals surface area contributed by atoms with Crippen molar-refractivity contribution in [1.29, 1.82) is 0 Å². The van der Waals surface area contributed by atoms with Crippen LogP contribution in [0, 0.1) is 0 Å². The number of benzene rings is 3. The fraction of sp³-hybridized carbons (Fsp3) is 0. The summed E-state index contributed by atoms with van der Waals surface area (Å²) in [4.78, 5) is 18.6. The molecule has 0 saturated heterocycles. The van der Waals surface area contributed by atoms with Gasteiger partial charge in [-0.05, 0) is 60.7 Å². The van der Waals surface area contributed by atoms with Gasteiger partial charge in [0.25, 0.3) is 0 Å². The zero-order valence-corrected chi connectivity index (χ0v) is 15.1. The van der Waals surface area contributed by atoms with E-state index in [2.05, 4.69) is 0 Å². The second kappa shape index (κ2) is 5.87. The van der Waals surface area contributed by atoms with Crippen molar-refractivity contribution in [2.75, 3.05) is 0 Å². The summed E-state index contributed by atoms with van der Waals surface area (Å²) >= 11 is 12.3. The Morgan fingerprint density at radius 2 is 1.24 bits per heavy atom. The quantitative estimate of drug-likeness (QED) is 0.478. The SMILES string of the molecule is O=P(O)(O)c1ccc(-n2c3ccc(Cl)cc3c3cc(Cl)ccc32)cc1. The molecule has 0 spiro atoms. The molecule has 0 amide bonds. The van der Waals surface area contributed by atoms with Gasteiger partial charge in [0.15, 0.2) is 0 Å². The Balaban J connectivity index is 2.04. The maximum Gasteiger partial charge on any atom is 0.356 e. The monoisotopic (exact) mass is 391 g/mol. The van der Waals surface area contributed by atoms with Crippen molar-refractivity contribution in [2.45, 2.75) is 0 Å². The number of nitrogens with zero attached hydrogens (tertiary/aromatic N) is 1. The summed E-state index contributed by atoms with van der Waals surface area (Å²) in [7, 11) is -4.27. The number of halogens is 2. The van der Waals surface area contributed by atoms with Crippen LogP contribution >= 0.6 is 30.8 Å². The van der Waals surface area contributed by atoms with E-state index in [0.29, 0.717) is 10.0 Å². The molecule has 0 bridgehead atoms. The van der Waals surface area contributed by atoms with Gasteiger partial charge >= 0.3 is 7.60 Å². The summed E-state index contributed by atoms with van der Waals surface area (Å²) in [6.45, 7) is 0. The summed E-state index contributed by atoms with van der Waals surface area (Å²) in [5, 5.41) is 3.17. The van der Waals surface area contributed by atoms with Crippen molar-refractivity contribution in [3.8, 4) is 5.69 Å². The third kappa shape index (κ3) is 2.86. The van der Waals surface area contributed by atoms with Crippen LogP contribution in [0.4, 0.5) is 0 Å². The van der Waals surface area contributed by atoms with Gasteiger partial charge in [0.2, 0.25) is 0 Å². The first-order valence-electron chi connectivity index (χ1n) is 7.40. The smallest absolute Gasteiger partial charge is 0.321 e. The predicted molar refractivity (Wildman–Crippen MR) is 102 cm³/mol. The lowest BCUT2D eigenvalue weighted by atomic mass is 10.1. The zero-order chi connectivity index (χ0) is 17.8. The highest BCUT2D eigenvalue weighted by Crippen LogP contribution is 2.36. The van der Waals surface area contributed by atoms with Crippen molar-refractivity contribution < 1.29 is 14.4 Å². The molecular formula is C18H12Cl2NO3P. The molecule has 0 fully saturated rings. The van der Waals surface area contributed by atoms with Gasteiger partial charge in [-0.15, -0.1) is 0 Å². The van der Waals surface area contributed by atoms with Gasteiger partial charge in [-0.25, -0.2) is 0 Å². The fourth-order valence-corrected chi connectivity index (χ4v) is 3.92. The zero-order valence-electron chi connectivity index (χ0n) is 12.7. The molecule has 4 rings (SSSR count). The van der Waals surface area contributed by atoms with Crippen LogP contribution in [0.15, 0.2) is 60.7 Å². The first-order valence-corrected chi connectivity index (χ1v) is 9.77. The van der Waals surface area contributed by atoms with Crippen LogP contribution in [-0.2, 0) is 4.57 Å². The Labute approximate surface area is 153 Å². The van der Waals surface area contributed by atoms with E-state index in [9.17, 15) is 14.4 Å². The molecule has 2 N–H and O–H groups in total. The molecule has 4 aromatic rings. The highest BCUT2D eigenvalue weighted by Gasteiger charge is 2.18. The van der Waals surface area contributed by atoms with Crippen LogP contribution in [0.5, 0.6) is 0 Å². The number of aromatic nitrogens is 1. The Morgan fingerprint density at radius 3 is 1.68 bits per heavy atom. The normalized spacial score (nSPS) is 12.2. The van der Waals surface area contributed by atoms with Crippen molar-refractivity contribution in [2.24, 2.45) is 0 Å². The molecule has 0 unspecified atom stereocenters. The highest BCUT2D eigenvalue weighted by molar-refractivity contribution is 7.60. The van der Waals surface area contributed by atoms with E-state index in [-0.39, 0.29) is 5.30 Å². The average molecular weight is 392 g/mol. The molecule has 4 nitrogen and oxygen atoms in total. The number of rotatable bonds is 2. The Bertz CT molecular complexity index is 1100. The van der Waals surface area contributed by atoms with Gasteiger partial charge in [-0.3, -0.25) is 4.57 Å². The van der Waals surface area contributed by atoms with Crippen molar-refractivity contribution in [1.82, 2.24) is 4.57 Å². The van der Waals surface area contributed by atoms with E-state index < -0.39 is 7.60 Å². The molecule has 0 atom stereocenters. The lowest BCUT2D eigenvalue weighted by molar-refractivity contribution is 0.387. The summed E-state index contributed by atoms with van der Waals surface area (Å²) in [5.41, 5.74) is 2.66. The topological polar surface area (TPSA) is 62.5 Å². The van der Waals surface area contributed by atoms with Gasteiger partial charge < -0.3 is 14.4 Å². The summed E-state index contributed by atoms with van der Waals surface area (Å²) < 4.78 is 13.4. The van der Waals surface area contributed by atoms with Crippen LogP contribution in [0.1, 0.15) is 0 Å². The molecule has 3 aromatic carbocycles. The molecule has 0 aliphatic rings. The van der Waals surface area contributed by atoms with Crippen molar-refractivity contribution in [3.05, 3.63) is 70.7 Å². The third-order valence-corrected chi connectivity index (χ3v) is 5.57. The molecule has 1 heterocycles. The summed E-state index contributed by atoms with van der Waals surface area (Å²) in [6, 6.07) is 17.5. The third-order valence-electron chi connectivity index (χ3n) is 4.13. The molecular weight excluding hydrogens is 380 g/mol. The van der Waals surface area contributed by atoms with Gasteiger partial charge in [0.05, 0.1) is 16.3 Å². The maximum atomic E-state index is 11.4. The minimum Gasteiger partial charge on any atom is -0.321 e. The minimum absolute atomic E-state index is 0.0110. The molecule has 7 heteroatoms. The molecule has 1 aromatic heterocycles. The van der Waals surface area contributed by atoms with Crippen LogP contribution in [0.2, 0.25) is 10.0 Å². The van der Waals surface area contributed by atoms with Crippen LogP contribution in [-0.4, -0.2) is 14.4 Å². The second-order valence-corrected chi connectivity index (χ2v) is 8.20. The minimum atomic E-state index is -4.27. The predicted octanol–water partition coefficient (Wildman–Crippen LogP) is 4.89. The first kappa shape index (κ1) is 16.6. The first-order chi connectivity index (χ1) is 11.8. The number of fused-ring (bicyclic) bond motifs is 3. The Kier molecular flexibility index (Phi) is 3.91. The molecule has 0 aliphatic heterocycles. The molecule has 0 radical (unpaired) electrons. The van der Waals surface area contributed by atoms with Gasteiger partial charge in [-0.1, -0.05) is 23.2 Å². The van der Waals surface area contributed by atoms with Crippen molar-refractivity contribution >= 4 is 57.9 Å². The van der Waals surface area contributed by atoms with E-state index in [1.807, 2.05) is 41.0 Å². The maximum absolute atomic E-state index is 11.4. The van der Waals surface area contributed by atoms with E-state index in [4.69, 9.17) is 23.2 Å². The number of hydrogen-bond acceptors (Lipinski definition) is 1. The molecule has 0 aliphatic carbocycles. The second-order valence-electron chi connectivity index (χ2n) is 5.72. The van der Waals surface area contributed by atoms with E-state index >= 15 is 0 Å². The highest BCUT2D eigenvalue weighted by atomic mass is 35.5. The molecule has 25 heavy (non-hydrogen) atoms. The number of hydrogen-bond donors (Lipinski definition) is 2. The lowest BCUT2D eigenvalue weighted by Crippen LogP contribution is -2.04. The van der Waals surface area contributed by atoms with E-state index in [1.54, 1.807) is 12.1 Å². The largest absolute Gasteiger partial charge is 0.356 e. The Morgan fingerprint density at radius 1 is 0.760 bits per heavy atom. The molecule has 0 saturated carbocycles. The van der Waals surface area contributed by atoms with Gasteiger partial charge in [0, 0.05) is 26.5 Å². The average Bonchev–Trinajstić information content (AvgIpc) is 2.87. The van der Waals surface area contributed by atoms with Crippen LogP contribution < -0.4 is 5.30 Å².